The van der Waals surface area contributed by atoms with E-state index in [-0.39, 0.29) is 126 Å². The zero-order valence-corrected chi connectivity index (χ0v) is 68.9. The van der Waals surface area contributed by atoms with Crippen molar-refractivity contribution in [2.24, 2.45) is 82.9 Å². The highest BCUT2D eigenvalue weighted by atomic mass is 16.6. The first-order valence-corrected chi connectivity index (χ1v) is 40.1. The molecule has 20 nitrogen and oxygen atoms in total. The van der Waals surface area contributed by atoms with Gasteiger partial charge >= 0.3 is 29.8 Å². The van der Waals surface area contributed by atoms with Crippen LogP contribution < -0.4 is 5.32 Å². The van der Waals surface area contributed by atoms with E-state index in [2.05, 4.69) is 119 Å². The molecule has 0 aromatic heterocycles. The lowest BCUT2D eigenvalue weighted by Crippen LogP contribution is -2.33. The van der Waals surface area contributed by atoms with Gasteiger partial charge in [0.2, 0.25) is 5.91 Å². The Morgan fingerprint density at radius 3 is 0.902 bits per heavy atom. The number of hydrogen-bond acceptors (Lipinski definition) is 17. The lowest BCUT2D eigenvalue weighted by molar-refractivity contribution is -0.155. The highest BCUT2D eigenvalue weighted by Crippen LogP contribution is 2.29. The Kier molecular flexibility index (Phi) is 73.9. The van der Waals surface area contributed by atoms with E-state index in [1.54, 1.807) is 6.92 Å². The van der Waals surface area contributed by atoms with Gasteiger partial charge in [-0.25, -0.2) is 0 Å². The summed E-state index contributed by atoms with van der Waals surface area (Å²) in [6.07, 6.45) is 60.9. The number of rotatable bonds is 62. The number of carbonyl (C=O) groups is 6. The van der Waals surface area contributed by atoms with Crippen LogP contribution in [0.1, 0.15) is 222 Å². The fourth-order valence-electron chi connectivity index (χ4n) is 11.6. The minimum absolute atomic E-state index is 0.00560. The number of aliphatic carboxylic acids is 2. The summed E-state index contributed by atoms with van der Waals surface area (Å²) in [4.78, 5) is 72.0. The van der Waals surface area contributed by atoms with Gasteiger partial charge in [-0.1, -0.05) is 152 Å². The fraction of sp³-hybridized carbons (Fsp3) is 0.630. The van der Waals surface area contributed by atoms with Crippen molar-refractivity contribution in [2.75, 3.05) is 52.8 Å². The van der Waals surface area contributed by atoms with Crippen LogP contribution in [0.25, 0.3) is 0 Å². The van der Waals surface area contributed by atoms with Crippen LogP contribution in [0.3, 0.4) is 0 Å². The first kappa shape index (κ1) is 109. The zero-order valence-electron chi connectivity index (χ0n) is 68.9. The van der Waals surface area contributed by atoms with Crippen molar-refractivity contribution < 1.29 is 72.9 Å². The highest BCUT2D eigenvalue weighted by molar-refractivity contribution is 5.80. The quantitative estimate of drug-likeness (QED) is 0.0124. The molecule has 5 N–H and O–H groups in total. The first-order valence-electron chi connectivity index (χ1n) is 40.1. The van der Waals surface area contributed by atoms with Crippen LogP contribution in [0.2, 0.25) is 0 Å². The number of ether oxygens (including phenoxy) is 5. The fourth-order valence-corrected chi connectivity index (χ4v) is 11.6. The molecule has 0 aromatic carbocycles. The summed E-state index contributed by atoms with van der Waals surface area (Å²) in [7, 11) is 0. The van der Waals surface area contributed by atoms with Gasteiger partial charge in [0, 0.05) is 5.92 Å². The van der Waals surface area contributed by atoms with Crippen molar-refractivity contribution in [3.8, 4) is 73.7 Å². The van der Waals surface area contributed by atoms with Crippen molar-refractivity contribution in [1.29, 1.82) is 21.0 Å². The molecule has 0 saturated heterocycles. The van der Waals surface area contributed by atoms with E-state index >= 15 is 0 Å². The third-order valence-corrected chi connectivity index (χ3v) is 19.3. The van der Waals surface area contributed by atoms with Crippen LogP contribution in [-0.2, 0) is 52.5 Å². The van der Waals surface area contributed by atoms with E-state index in [0.717, 1.165) is 77.0 Å². The molecular formula is C92H137N5O15. The predicted octanol–water partition coefficient (Wildman–Crippen LogP) is 17.1. The van der Waals surface area contributed by atoms with Crippen molar-refractivity contribution in [1.82, 2.24) is 5.32 Å². The molecule has 0 fully saturated rings. The number of esters is 3. The van der Waals surface area contributed by atoms with Gasteiger partial charge < -0.3 is 49.4 Å². The normalized spacial score (nSPS) is 15.1. The summed E-state index contributed by atoms with van der Waals surface area (Å²) in [5.74, 6) is 3.27. The Morgan fingerprint density at radius 2 is 0.652 bits per heavy atom. The second kappa shape index (κ2) is 75.8. The second-order valence-electron chi connectivity index (χ2n) is 27.7. The van der Waals surface area contributed by atoms with Crippen LogP contribution in [0.15, 0.2) is 99.2 Å². The number of aliphatic hydroxyl groups is 2. The molecular weight excluding hydrogens is 1420 g/mol. The molecule has 112 heavy (non-hydrogen) atoms. The van der Waals surface area contributed by atoms with Crippen molar-refractivity contribution >= 4 is 35.8 Å². The minimum atomic E-state index is -1.04. The van der Waals surface area contributed by atoms with Crippen molar-refractivity contribution in [3.05, 3.63) is 99.2 Å². The number of nitrogens with zero attached hydrogens (tertiary/aromatic N) is 4. The van der Waals surface area contributed by atoms with E-state index in [1.165, 1.54) is 0 Å². The number of nitrogens with one attached hydrogen (secondary N) is 1. The van der Waals surface area contributed by atoms with Crippen LogP contribution in [0.4, 0.5) is 0 Å². The van der Waals surface area contributed by atoms with Crippen LogP contribution in [-0.4, -0.2) is 121 Å². The van der Waals surface area contributed by atoms with E-state index in [9.17, 15) is 70.2 Å². The molecule has 16 unspecified atom stereocenters. The Labute approximate surface area is 674 Å². The maximum absolute atomic E-state index is 12.4. The standard InChI is InChI=1S/C26H39NO6.C23H34N2O3.C23H35NO4.C20H29NO2/c1-5-14-32-18-24(28)19-33-26(31)22(8-4)16-23(25(29)30)15-21(17-27)13-11-9-10-12-20(6-2)7-3;1-5-14-25-22(26)20(8-4)16-21(23(27)28)15-19(17-24)13-11-9-10-12-18(6-2)7-3;1-5-14-27-17-22(25)18-28-23(26)21(8-4)15-20(16-24)13-11-9-10-12-19(6-2)7-3;1-5-14-23-20(22)19(8-4)15-18(16-21)13-11-9-10-12-17(6-2)7-3/h1,6,9,11,20-24,28H,2,7-8,10,12-16,18-19H2,3-4H3,(H,29,30);1,6,9,11,18-21H,2,7-8,10,12-16H2,3-4H3,(H,25,26)(H,27,28);1,6,9,11,19-22,25H,2,7-8,10,12-15,17-18H2,3-4H3;1,6,9,11,17-19H,2,7-8,10,12-15H2,3-4H3/b4*11-9+. The van der Waals surface area contributed by atoms with Gasteiger partial charge in [0.1, 0.15) is 38.6 Å². The molecule has 0 aliphatic rings. The number of allylic oxidation sites excluding steroid dienone is 12. The first-order chi connectivity index (χ1) is 53.9. The van der Waals surface area contributed by atoms with Gasteiger partial charge in [-0.05, 0) is 191 Å². The molecule has 0 aliphatic carbocycles. The van der Waals surface area contributed by atoms with Gasteiger partial charge in [-0.15, -0.1) is 52.0 Å². The molecule has 0 aromatic rings. The summed E-state index contributed by atoms with van der Waals surface area (Å²) in [5, 5.41) is 78.8. The maximum atomic E-state index is 12.4. The van der Waals surface area contributed by atoms with Crippen molar-refractivity contribution in [2.45, 2.75) is 235 Å². The summed E-state index contributed by atoms with van der Waals surface area (Å²) in [5.41, 5.74) is 0. The molecule has 1 amide bonds. The average molecular weight is 1550 g/mol. The Morgan fingerprint density at radius 1 is 0.375 bits per heavy atom. The number of carboxylic acids is 2. The number of hydrogen-bond donors (Lipinski definition) is 5. The highest BCUT2D eigenvalue weighted by Gasteiger charge is 2.31. The minimum Gasteiger partial charge on any atom is -0.481 e. The number of amides is 1. The average Bonchev–Trinajstić information content (AvgIpc) is 0.899. The molecule has 0 rings (SSSR count). The number of carbonyl (C=O) groups excluding carboxylic acids is 4. The number of terminal acetylenes is 4. The van der Waals surface area contributed by atoms with Gasteiger partial charge in [-0.2, -0.15) is 21.0 Å². The molecule has 0 bridgehead atoms. The monoisotopic (exact) mass is 1550 g/mol. The van der Waals surface area contributed by atoms with Crippen LogP contribution >= 0.6 is 0 Å². The summed E-state index contributed by atoms with van der Waals surface area (Å²) in [6, 6.07) is 8.96. The Bertz CT molecular complexity index is 3100. The van der Waals surface area contributed by atoms with E-state index in [4.69, 9.17) is 49.4 Å². The molecule has 0 spiro atoms. The van der Waals surface area contributed by atoms with Crippen molar-refractivity contribution in [3.63, 3.8) is 0 Å². The second-order valence-corrected chi connectivity index (χ2v) is 27.7. The number of aliphatic hydroxyl groups excluding tert-OH is 2. The SMILES string of the molecule is C#CCNC(=O)C(CC)CC(CC(C#N)C/C=C/CCC(C=C)CC)C(=O)O.C#CCOC(=O)C(CC)CC(C#N)C/C=C/CCC(C=C)CC.C#CCOCC(O)COC(=O)C(CC)CC(C#N)C/C=C/CCC(C=C)CC.C#CCOCC(O)COC(=O)C(CC)CC(CC(C#N)C/C=C/CCC(C=C)CC)C(=O)O. The van der Waals surface area contributed by atoms with Crippen LogP contribution in [0, 0.1) is 178 Å². The molecule has 16 atom stereocenters. The molecule has 0 radical (unpaired) electrons. The number of carboxylic acid groups (broad SMARTS) is 2. The van der Waals surface area contributed by atoms with Gasteiger partial charge in [-0.3, -0.25) is 28.8 Å². The van der Waals surface area contributed by atoms with Gasteiger partial charge in [0.15, 0.2) is 6.61 Å². The van der Waals surface area contributed by atoms with E-state index < -0.39 is 59.7 Å². The van der Waals surface area contributed by atoms with E-state index in [1.807, 2.05) is 81.5 Å². The lowest BCUT2D eigenvalue weighted by atomic mass is 9.84. The molecule has 620 valence electrons. The predicted molar refractivity (Wildman–Crippen MR) is 444 cm³/mol. The molecule has 0 aliphatic heterocycles. The third kappa shape index (κ3) is 58.7. The smallest absolute Gasteiger partial charge is 0.309 e. The number of nitriles is 4. The summed E-state index contributed by atoms with van der Waals surface area (Å²) >= 11 is 0. The molecule has 0 heterocycles. The Balaban J connectivity index is -0.000000699. The molecule has 20 heteroatoms. The van der Waals surface area contributed by atoms with E-state index in [0.29, 0.717) is 87.9 Å². The zero-order chi connectivity index (χ0) is 85.1. The maximum Gasteiger partial charge on any atom is 0.309 e. The topological polar surface area (TPSA) is 337 Å². The lowest BCUT2D eigenvalue weighted by Gasteiger charge is -2.21. The summed E-state index contributed by atoms with van der Waals surface area (Å²) in [6.45, 7) is 31.1. The summed E-state index contributed by atoms with van der Waals surface area (Å²) < 4.78 is 25.3. The Hall–Kier alpha value is -9.22. The van der Waals surface area contributed by atoms with Gasteiger partial charge in [0.05, 0.1) is 97.3 Å². The largest absolute Gasteiger partial charge is 0.481 e. The van der Waals surface area contributed by atoms with Gasteiger partial charge in [0.25, 0.3) is 0 Å². The van der Waals surface area contributed by atoms with Crippen LogP contribution in [0.5, 0.6) is 0 Å². The third-order valence-electron chi connectivity index (χ3n) is 19.3. The molecule has 0 saturated carbocycles.